The van der Waals surface area contributed by atoms with Crippen LogP contribution in [0, 0.1) is 0 Å². The van der Waals surface area contributed by atoms with Gasteiger partial charge in [0, 0.05) is 25.2 Å². The second-order valence-corrected chi connectivity index (χ2v) is 6.78. The molecule has 0 spiro atoms. The highest BCUT2D eigenvalue weighted by atomic mass is 32.2. The van der Waals surface area contributed by atoms with Crippen LogP contribution in [0.25, 0.3) is 0 Å². The molecule has 0 aliphatic carbocycles. The first-order valence-corrected chi connectivity index (χ1v) is 8.68. The van der Waals surface area contributed by atoms with Crippen molar-refractivity contribution >= 4 is 34.5 Å². The Bertz CT molecular complexity index is 619. The number of para-hydroxylation sites is 1. The molecule has 2 heterocycles. The van der Waals surface area contributed by atoms with Crippen molar-refractivity contribution in [2.24, 2.45) is 0 Å². The summed E-state index contributed by atoms with van der Waals surface area (Å²) in [7, 11) is 0. The standard InChI is InChI=1S/C16H19N3O4S/c20-14(17-12-4-2-1-3-5-12)10-13-15(21)19(16(22)24-13)11-18-6-8-23-9-7-18/h1-5,13H,6-11H2,(H,17,20)/t13-/m0/s1. The summed E-state index contributed by atoms with van der Waals surface area (Å²) >= 11 is 0.928. The van der Waals surface area contributed by atoms with Crippen LogP contribution < -0.4 is 5.32 Å². The molecule has 0 unspecified atom stereocenters. The summed E-state index contributed by atoms with van der Waals surface area (Å²) < 4.78 is 5.26. The minimum atomic E-state index is -0.651. The lowest BCUT2D eigenvalue weighted by Gasteiger charge is -2.29. The van der Waals surface area contributed by atoms with E-state index in [0.717, 1.165) is 11.8 Å². The number of thioether (sulfide) groups is 1. The Morgan fingerprint density at radius 2 is 1.92 bits per heavy atom. The van der Waals surface area contributed by atoms with Gasteiger partial charge < -0.3 is 10.1 Å². The normalized spacial score (nSPS) is 22.0. The monoisotopic (exact) mass is 349 g/mol. The van der Waals surface area contributed by atoms with Crippen molar-refractivity contribution in [1.82, 2.24) is 9.80 Å². The highest BCUT2D eigenvalue weighted by Crippen LogP contribution is 2.29. The molecule has 2 saturated heterocycles. The SMILES string of the molecule is O=C(C[C@@H]1SC(=O)N(CN2CCOCC2)C1=O)Nc1ccccc1. The van der Waals surface area contributed by atoms with Crippen molar-refractivity contribution in [1.29, 1.82) is 0 Å². The van der Waals surface area contributed by atoms with Crippen molar-refractivity contribution in [2.45, 2.75) is 11.7 Å². The zero-order chi connectivity index (χ0) is 16.9. The molecule has 2 fully saturated rings. The average molecular weight is 349 g/mol. The lowest BCUT2D eigenvalue weighted by Crippen LogP contribution is -2.46. The third kappa shape index (κ3) is 4.14. The second-order valence-electron chi connectivity index (χ2n) is 5.63. The predicted molar refractivity (Wildman–Crippen MR) is 90.6 cm³/mol. The number of carbonyl (C=O) groups excluding carboxylic acids is 3. The van der Waals surface area contributed by atoms with Gasteiger partial charge in [-0.3, -0.25) is 24.2 Å². The molecule has 2 aliphatic rings. The third-order valence-electron chi connectivity index (χ3n) is 3.88. The number of nitrogens with zero attached hydrogens (tertiary/aromatic N) is 2. The Kier molecular flexibility index (Phi) is 5.49. The maximum absolute atomic E-state index is 12.4. The molecule has 1 atom stereocenters. The van der Waals surface area contributed by atoms with E-state index in [1.54, 1.807) is 12.1 Å². The summed E-state index contributed by atoms with van der Waals surface area (Å²) in [5.74, 6) is -0.562. The van der Waals surface area contributed by atoms with Crippen LogP contribution in [0.1, 0.15) is 6.42 Å². The van der Waals surface area contributed by atoms with E-state index in [4.69, 9.17) is 4.74 Å². The van der Waals surface area contributed by atoms with E-state index in [1.165, 1.54) is 4.90 Å². The molecular formula is C16H19N3O4S. The van der Waals surface area contributed by atoms with Crippen LogP contribution in [0.2, 0.25) is 0 Å². The summed E-state index contributed by atoms with van der Waals surface area (Å²) in [4.78, 5) is 39.8. The maximum atomic E-state index is 12.4. The number of ether oxygens (including phenoxy) is 1. The van der Waals surface area contributed by atoms with Crippen LogP contribution in [-0.4, -0.2) is 65.1 Å². The maximum Gasteiger partial charge on any atom is 0.290 e. The van der Waals surface area contributed by atoms with Crippen molar-refractivity contribution < 1.29 is 19.1 Å². The smallest absolute Gasteiger partial charge is 0.290 e. The molecule has 24 heavy (non-hydrogen) atoms. The second kappa shape index (κ2) is 7.78. The Hall–Kier alpha value is -1.90. The van der Waals surface area contributed by atoms with Crippen LogP contribution in [0.4, 0.5) is 10.5 Å². The predicted octanol–water partition coefficient (Wildman–Crippen LogP) is 1.37. The first-order chi connectivity index (χ1) is 11.6. The Morgan fingerprint density at radius 3 is 2.62 bits per heavy atom. The first kappa shape index (κ1) is 16.9. The van der Waals surface area contributed by atoms with E-state index >= 15 is 0 Å². The summed E-state index contributed by atoms with van der Waals surface area (Å²) in [6, 6.07) is 9.04. The number of hydrogen-bond acceptors (Lipinski definition) is 6. The molecular weight excluding hydrogens is 330 g/mol. The fourth-order valence-corrected chi connectivity index (χ4v) is 3.58. The largest absolute Gasteiger partial charge is 0.379 e. The van der Waals surface area contributed by atoms with E-state index in [2.05, 4.69) is 5.32 Å². The summed E-state index contributed by atoms with van der Waals surface area (Å²) in [6.45, 7) is 2.87. The van der Waals surface area contributed by atoms with Gasteiger partial charge in [0.25, 0.3) is 5.24 Å². The number of carbonyl (C=O) groups is 3. The van der Waals surface area contributed by atoms with E-state index in [0.29, 0.717) is 32.0 Å². The number of benzene rings is 1. The molecule has 0 aromatic heterocycles. The average Bonchev–Trinajstić information content (AvgIpc) is 2.84. The van der Waals surface area contributed by atoms with Crippen LogP contribution in [0.5, 0.6) is 0 Å². The fourth-order valence-electron chi connectivity index (χ4n) is 2.60. The minimum Gasteiger partial charge on any atom is -0.379 e. The van der Waals surface area contributed by atoms with Crippen LogP contribution in [0.3, 0.4) is 0 Å². The quantitative estimate of drug-likeness (QED) is 0.865. The Labute approximate surface area is 144 Å². The molecule has 0 saturated carbocycles. The number of imide groups is 1. The lowest BCUT2D eigenvalue weighted by molar-refractivity contribution is -0.130. The number of hydrogen-bond donors (Lipinski definition) is 1. The van der Waals surface area contributed by atoms with Gasteiger partial charge in [0.1, 0.15) is 5.25 Å². The third-order valence-corrected chi connectivity index (χ3v) is 4.95. The van der Waals surface area contributed by atoms with Gasteiger partial charge in [-0.05, 0) is 12.1 Å². The molecule has 128 valence electrons. The van der Waals surface area contributed by atoms with Gasteiger partial charge in [-0.15, -0.1) is 0 Å². The summed E-state index contributed by atoms with van der Waals surface area (Å²) in [5.41, 5.74) is 0.675. The van der Waals surface area contributed by atoms with E-state index in [1.807, 2.05) is 23.1 Å². The number of rotatable bonds is 5. The molecule has 2 aliphatic heterocycles. The number of amides is 3. The topological polar surface area (TPSA) is 79.0 Å². The first-order valence-electron chi connectivity index (χ1n) is 7.80. The lowest BCUT2D eigenvalue weighted by atomic mass is 10.2. The van der Waals surface area contributed by atoms with Gasteiger partial charge in [0.05, 0.1) is 19.9 Å². The molecule has 3 rings (SSSR count). The van der Waals surface area contributed by atoms with Crippen LogP contribution in [0.15, 0.2) is 30.3 Å². The minimum absolute atomic E-state index is 0.0102. The van der Waals surface area contributed by atoms with Gasteiger partial charge in [-0.2, -0.15) is 0 Å². The van der Waals surface area contributed by atoms with Crippen LogP contribution >= 0.6 is 11.8 Å². The van der Waals surface area contributed by atoms with Crippen molar-refractivity contribution in [3.8, 4) is 0 Å². The number of nitrogens with one attached hydrogen (secondary N) is 1. The van der Waals surface area contributed by atoms with E-state index in [9.17, 15) is 14.4 Å². The summed E-state index contributed by atoms with van der Waals surface area (Å²) in [6.07, 6.45) is -0.0102. The molecule has 3 amide bonds. The molecule has 0 radical (unpaired) electrons. The zero-order valence-electron chi connectivity index (χ0n) is 13.1. The van der Waals surface area contributed by atoms with Crippen molar-refractivity contribution in [3.63, 3.8) is 0 Å². The molecule has 1 aromatic rings. The van der Waals surface area contributed by atoms with E-state index in [-0.39, 0.29) is 30.1 Å². The van der Waals surface area contributed by atoms with Crippen LogP contribution in [-0.2, 0) is 14.3 Å². The van der Waals surface area contributed by atoms with Gasteiger partial charge in [-0.1, -0.05) is 30.0 Å². The number of morpholine rings is 1. The fraction of sp³-hybridized carbons (Fsp3) is 0.438. The Morgan fingerprint density at radius 1 is 1.21 bits per heavy atom. The number of anilines is 1. The van der Waals surface area contributed by atoms with Gasteiger partial charge in [0.2, 0.25) is 11.8 Å². The molecule has 1 N–H and O–H groups in total. The summed E-state index contributed by atoms with van der Waals surface area (Å²) in [5, 5.41) is 1.80. The van der Waals surface area contributed by atoms with E-state index < -0.39 is 5.25 Å². The molecule has 7 nitrogen and oxygen atoms in total. The highest BCUT2D eigenvalue weighted by molar-refractivity contribution is 8.15. The Balaban J connectivity index is 1.54. The molecule has 0 bridgehead atoms. The van der Waals surface area contributed by atoms with Gasteiger partial charge in [-0.25, -0.2) is 0 Å². The van der Waals surface area contributed by atoms with Crippen molar-refractivity contribution in [3.05, 3.63) is 30.3 Å². The highest BCUT2D eigenvalue weighted by Gasteiger charge is 2.41. The molecule has 1 aromatic carbocycles. The van der Waals surface area contributed by atoms with Gasteiger partial charge in [0.15, 0.2) is 0 Å². The zero-order valence-corrected chi connectivity index (χ0v) is 14.0. The van der Waals surface area contributed by atoms with Gasteiger partial charge >= 0.3 is 0 Å². The molecule has 8 heteroatoms. The van der Waals surface area contributed by atoms with Crippen molar-refractivity contribution in [2.75, 3.05) is 38.3 Å².